The number of carbonyl (C=O) groups excluding carboxylic acids is 3. The lowest BCUT2D eigenvalue weighted by Crippen LogP contribution is -2.30. The van der Waals surface area contributed by atoms with E-state index in [0.29, 0.717) is 19.3 Å². The Balaban J connectivity index is 4.38. The molecule has 0 bridgehead atoms. The summed E-state index contributed by atoms with van der Waals surface area (Å²) in [5, 5.41) is 0. The Hall–Kier alpha value is -4.19. The molecule has 0 aromatic carbocycles. The maximum Gasteiger partial charge on any atom is 0.306 e. The van der Waals surface area contributed by atoms with Crippen molar-refractivity contribution in [1.82, 2.24) is 0 Å². The van der Waals surface area contributed by atoms with Gasteiger partial charge in [0, 0.05) is 19.3 Å². The van der Waals surface area contributed by atoms with Crippen LogP contribution >= 0.6 is 0 Å². The lowest BCUT2D eigenvalue weighted by molar-refractivity contribution is -0.167. The summed E-state index contributed by atoms with van der Waals surface area (Å²) in [6, 6.07) is 0. The van der Waals surface area contributed by atoms with Gasteiger partial charge >= 0.3 is 17.9 Å². The minimum atomic E-state index is -0.805. The van der Waals surface area contributed by atoms with Crippen LogP contribution < -0.4 is 0 Å². The van der Waals surface area contributed by atoms with Gasteiger partial charge in [0.15, 0.2) is 6.10 Å². The molecule has 1 atom stereocenters. The molecule has 0 saturated heterocycles. The molecular formula is C69H114O6. The fourth-order valence-corrected chi connectivity index (χ4v) is 8.38. The fraction of sp³-hybridized carbons (Fsp3) is 0.667. The Labute approximate surface area is 462 Å². The molecule has 1 unspecified atom stereocenters. The average molecular weight is 1040 g/mol. The van der Waals surface area contributed by atoms with E-state index in [2.05, 4.69) is 142 Å². The number of ether oxygens (including phenoxy) is 3. The zero-order valence-electron chi connectivity index (χ0n) is 48.8. The summed E-state index contributed by atoms with van der Waals surface area (Å²) < 4.78 is 16.9. The van der Waals surface area contributed by atoms with Gasteiger partial charge < -0.3 is 14.2 Å². The van der Waals surface area contributed by atoms with E-state index in [1.807, 2.05) is 0 Å². The Kier molecular flexibility index (Phi) is 58.9. The molecule has 426 valence electrons. The van der Waals surface area contributed by atoms with Gasteiger partial charge in [0.05, 0.1) is 0 Å². The number of carbonyl (C=O) groups is 3. The third kappa shape index (κ3) is 60.6. The van der Waals surface area contributed by atoms with E-state index >= 15 is 0 Å². The first-order chi connectivity index (χ1) is 37.0. The van der Waals surface area contributed by atoms with E-state index in [0.717, 1.165) is 122 Å². The first-order valence-corrected chi connectivity index (χ1v) is 31.0. The Morgan fingerprint density at radius 2 is 0.520 bits per heavy atom. The van der Waals surface area contributed by atoms with Crippen LogP contribution in [0.4, 0.5) is 0 Å². The van der Waals surface area contributed by atoms with Crippen LogP contribution in [0.1, 0.15) is 278 Å². The Bertz CT molecular complexity index is 1570. The molecule has 0 aliphatic carbocycles. The smallest absolute Gasteiger partial charge is 0.306 e. The number of hydrogen-bond acceptors (Lipinski definition) is 6. The maximum atomic E-state index is 12.9. The van der Waals surface area contributed by atoms with Crippen LogP contribution in [0.3, 0.4) is 0 Å². The van der Waals surface area contributed by atoms with Crippen molar-refractivity contribution < 1.29 is 28.6 Å². The number of rotatable bonds is 55. The largest absolute Gasteiger partial charge is 0.462 e. The Morgan fingerprint density at radius 1 is 0.280 bits per heavy atom. The fourth-order valence-electron chi connectivity index (χ4n) is 8.38. The topological polar surface area (TPSA) is 78.9 Å². The Morgan fingerprint density at radius 3 is 0.840 bits per heavy atom. The van der Waals surface area contributed by atoms with Crippen LogP contribution in [-0.4, -0.2) is 37.2 Å². The highest BCUT2D eigenvalue weighted by Gasteiger charge is 2.19. The minimum absolute atomic E-state index is 0.0973. The van der Waals surface area contributed by atoms with Crippen molar-refractivity contribution in [3.63, 3.8) is 0 Å². The van der Waals surface area contributed by atoms with Crippen molar-refractivity contribution in [2.45, 2.75) is 284 Å². The normalized spacial score (nSPS) is 12.9. The number of hydrogen-bond donors (Lipinski definition) is 0. The second-order valence-electron chi connectivity index (χ2n) is 20.2. The predicted molar refractivity (Wildman–Crippen MR) is 325 cm³/mol. The standard InChI is InChI=1S/C69H114O6/c1-4-7-10-13-16-19-22-25-28-29-30-31-32-33-34-35-36-37-38-39-42-44-47-50-53-56-59-62-68(71)74-65-66(75-69(72)63-60-57-54-51-48-45-41-27-24-21-18-15-12-9-6-3)64-73-67(70)61-58-55-52-49-46-43-40-26-23-20-17-14-11-8-5-2/h7,9-10,12,16,18-19,21,25,27-28,30-31,33-34,36-37,41,48,51,66H,4-6,8,11,13-15,17,20,22-24,26,29,32,35,38-40,42-47,49-50,52-65H2,1-3H3/b10-7-,12-9-,19-16-,21-18-,28-25-,31-30-,34-33-,37-36-,41-27-,51-48-. The molecule has 6 nitrogen and oxygen atoms in total. The van der Waals surface area contributed by atoms with Crippen LogP contribution in [0.25, 0.3) is 0 Å². The van der Waals surface area contributed by atoms with Crippen molar-refractivity contribution >= 4 is 17.9 Å². The zero-order chi connectivity index (χ0) is 54.3. The van der Waals surface area contributed by atoms with Gasteiger partial charge in [-0.2, -0.15) is 0 Å². The van der Waals surface area contributed by atoms with Crippen molar-refractivity contribution in [2.24, 2.45) is 0 Å². The summed E-state index contributed by atoms with van der Waals surface area (Å²) in [7, 11) is 0. The zero-order valence-corrected chi connectivity index (χ0v) is 48.8. The SMILES string of the molecule is CC/C=C\C/C=C\C/C=C\C/C=C\C/C=C\C/C=C\CCCCCCCCCCC(=O)OCC(COC(=O)CCCCCCCCCCCCCCCCC)OC(=O)CCCC/C=C\C/C=C\C/C=C\C/C=C\CC. The van der Waals surface area contributed by atoms with E-state index in [1.165, 1.54) is 109 Å². The molecule has 0 radical (unpaired) electrons. The summed E-state index contributed by atoms with van der Waals surface area (Å²) >= 11 is 0. The maximum absolute atomic E-state index is 12.9. The van der Waals surface area contributed by atoms with Gasteiger partial charge in [0.1, 0.15) is 13.2 Å². The summed E-state index contributed by atoms with van der Waals surface area (Å²) in [6.45, 7) is 6.38. The van der Waals surface area contributed by atoms with Crippen molar-refractivity contribution in [3.05, 3.63) is 122 Å². The molecule has 0 spiro atoms. The van der Waals surface area contributed by atoms with Gasteiger partial charge in [0.2, 0.25) is 0 Å². The molecule has 0 aromatic rings. The van der Waals surface area contributed by atoms with E-state index in [1.54, 1.807) is 0 Å². The van der Waals surface area contributed by atoms with Crippen LogP contribution in [0.2, 0.25) is 0 Å². The predicted octanol–water partition coefficient (Wildman–Crippen LogP) is 21.2. The number of unbranched alkanes of at least 4 members (excludes halogenated alkanes) is 24. The molecule has 0 N–H and O–H groups in total. The first-order valence-electron chi connectivity index (χ1n) is 31.0. The van der Waals surface area contributed by atoms with Gasteiger partial charge in [-0.1, -0.05) is 271 Å². The van der Waals surface area contributed by atoms with E-state index in [-0.39, 0.29) is 37.5 Å². The van der Waals surface area contributed by atoms with Crippen molar-refractivity contribution in [3.8, 4) is 0 Å². The summed E-state index contributed by atoms with van der Waals surface area (Å²) in [5.41, 5.74) is 0. The highest BCUT2D eigenvalue weighted by Crippen LogP contribution is 2.16. The minimum Gasteiger partial charge on any atom is -0.462 e. The van der Waals surface area contributed by atoms with Gasteiger partial charge in [-0.05, 0) is 109 Å². The van der Waals surface area contributed by atoms with Crippen LogP contribution in [0.5, 0.6) is 0 Å². The van der Waals surface area contributed by atoms with Crippen LogP contribution in [0, 0.1) is 0 Å². The third-order valence-electron chi connectivity index (χ3n) is 13.0. The second-order valence-corrected chi connectivity index (χ2v) is 20.2. The molecule has 0 heterocycles. The summed E-state index contributed by atoms with van der Waals surface area (Å²) in [5.74, 6) is -0.944. The molecule has 0 fully saturated rings. The highest BCUT2D eigenvalue weighted by molar-refractivity contribution is 5.71. The molecule has 6 heteroatoms. The van der Waals surface area contributed by atoms with E-state index < -0.39 is 6.10 Å². The molecule has 0 aromatic heterocycles. The first kappa shape index (κ1) is 70.8. The molecule has 75 heavy (non-hydrogen) atoms. The van der Waals surface area contributed by atoms with E-state index in [4.69, 9.17) is 14.2 Å². The van der Waals surface area contributed by atoms with Gasteiger partial charge in [0.25, 0.3) is 0 Å². The van der Waals surface area contributed by atoms with Gasteiger partial charge in [-0.15, -0.1) is 0 Å². The monoisotopic (exact) mass is 1040 g/mol. The molecule has 0 aliphatic rings. The molecular weight excluding hydrogens is 925 g/mol. The summed E-state index contributed by atoms with van der Waals surface area (Å²) in [6.07, 6.45) is 86.3. The highest BCUT2D eigenvalue weighted by atomic mass is 16.6. The van der Waals surface area contributed by atoms with Crippen LogP contribution in [0.15, 0.2) is 122 Å². The average Bonchev–Trinajstić information content (AvgIpc) is 3.41. The molecule has 0 amide bonds. The number of allylic oxidation sites excluding steroid dienone is 20. The van der Waals surface area contributed by atoms with E-state index in [9.17, 15) is 14.4 Å². The lowest BCUT2D eigenvalue weighted by atomic mass is 10.0. The van der Waals surface area contributed by atoms with Crippen molar-refractivity contribution in [1.29, 1.82) is 0 Å². The van der Waals surface area contributed by atoms with Gasteiger partial charge in [-0.25, -0.2) is 0 Å². The van der Waals surface area contributed by atoms with Crippen LogP contribution in [-0.2, 0) is 28.6 Å². The van der Waals surface area contributed by atoms with Crippen molar-refractivity contribution in [2.75, 3.05) is 13.2 Å². The molecule has 0 aliphatic heterocycles. The molecule has 0 rings (SSSR count). The second kappa shape index (κ2) is 62.4. The summed E-state index contributed by atoms with van der Waals surface area (Å²) in [4.78, 5) is 38.2. The third-order valence-corrected chi connectivity index (χ3v) is 13.0. The quantitative estimate of drug-likeness (QED) is 0.0261. The number of esters is 3. The lowest BCUT2D eigenvalue weighted by Gasteiger charge is -2.18. The van der Waals surface area contributed by atoms with Gasteiger partial charge in [-0.3, -0.25) is 14.4 Å². The molecule has 0 saturated carbocycles.